The molecule has 4 saturated heterocycles. The molecule has 0 bridgehead atoms. The molecule has 3 aromatic carbocycles. The molecule has 3 aliphatic carbocycles. The second-order valence-corrected chi connectivity index (χ2v) is 32.1. The molecule has 3 aromatic rings. The fourth-order valence-electron chi connectivity index (χ4n) is 15.3. The molecule has 4 heterocycles. The summed E-state index contributed by atoms with van der Waals surface area (Å²) in [5.41, 5.74) is 4.73. The first-order chi connectivity index (χ1) is 49.0. The number of nitrogens with zero attached hydrogens (tertiary/aromatic N) is 3. The lowest BCUT2D eigenvalue weighted by atomic mass is 9.68. The van der Waals surface area contributed by atoms with E-state index >= 15 is 0 Å². The first-order valence-electron chi connectivity index (χ1n) is 37.2. The molecular formula is C82H123N5O16S. The standard InChI is InChI=1S/C29H41NO6.C28H48N2O6.C24H30N2O4S.CH4/c1-20(2)7-13-24-28(3,36-24)27-26(32-6)23(15-16-29(27)19-34-29)35-25(31)14-10-21-8-11-22(12-9-21)33-18-17-30(4)5;1-18(2)10-11-22-27(5,36-22)25-24(33-8)21(12-13-28(25)17-34-28)35-23(31)16-20(19(3)4)26(32)29-14-9-15-30(6)7;1-3-26(4-2)17-9-12-19-11-6-8-14-22(19)31(29,30)25-21-16-15-18-10-5-7-13-20(18)23(21)24(27)28;/h7-12,14,23-24,26-27H,13,15-19H2,1-6H3;10,19-22,24-25H,9,11-17H2,1-8H3,(H,29,32);6,8-9,11-12,14-16,25H,3-5,7,10,13,17H2,1-2H3,(H,27,28);1H4/b14-10+;;12-9-;/t23-,24-,26-,27-,28+,29?;20-,21-,22-,24-,25-,27+,28+;;/m11../s1. The molecule has 13 atom stereocenters. The number of esters is 2. The Morgan fingerprint density at radius 2 is 1.30 bits per heavy atom. The van der Waals surface area contributed by atoms with Crippen LogP contribution < -0.4 is 14.8 Å². The van der Waals surface area contributed by atoms with Crippen LogP contribution in [0.2, 0.25) is 0 Å². The monoisotopic (exact) mass is 1470 g/mol. The minimum absolute atomic E-state index is 0. The smallest absolute Gasteiger partial charge is 0.338 e. The van der Waals surface area contributed by atoms with Crippen molar-refractivity contribution in [2.24, 2.45) is 23.7 Å². The fourth-order valence-corrected chi connectivity index (χ4v) is 16.6. The van der Waals surface area contributed by atoms with Gasteiger partial charge in [0.05, 0.1) is 65.7 Å². The first-order valence-corrected chi connectivity index (χ1v) is 38.7. The van der Waals surface area contributed by atoms with E-state index in [-0.39, 0.29) is 125 Å². The summed E-state index contributed by atoms with van der Waals surface area (Å²) in [6, 6.07) is 17.8. The summed E-state index contributed by atoms with van der Waals surface area (Å²) in [5, 5.41) is 12.8. The number of hydrogen-bond acceptors (Lipinski definition) is 18. The van der Waals surface area contributed by atoms with Crippen molar-refractivity contribution >= 4 is 51.7 Å². The highest BCUT2D eigenvalue weighted by Gasteiger charge is 2.73. The highest BCUT2D eigenvalue weighted by atomic mass is 32.2. The van der Waals surface area contributed by atoms with Crippen molar-refractivity contribution in [2.75, 3.05) is 106 Å². The number of fused-ring (bicyclic) bond motifs is 1. The number of allylic oxidation sites excluding steroid dienone is 2. The summed E-state index contributed by atoms with van der Waals surface area (Å²) >= 11 is 0. The Balaban J connectivity index is 0.000000218. The number of aromatic carboxylic acids is 1. The van der Waals surface area contributed by atoms with Crippen LogP contribution in [-0.4, -0.2) is 213 Å². The zero-order chi connectivity index (χ0) is 75.0. The highest BCUT2D eigenvalue weighted by Crippen LogP contribution is 2.61. The zero-order valence-corrected chi connectivity index (χ0v) is 65.0. The van der Waals surface area contributed by atoms with Gasteiger partial charge in [0.25, 0.3) is 10.0 Å². The lowest BCUT2D eigenvalue weighted by Crippen LogP contribution is -2.55. The predicted molar refractivity (Wildman–Crippen MR) is 408 cm³/mol. The number of aryl methyl sites for hydroxylation is 1. The van der Waals surface area contributed by atoms with E-state index in [1.807, 2.05) is 78.4 Å². The molecule has 104 heavy (non-hydrogen) atoms. The van der Waals surface area contributed by atoms with Gasteiger partial charge in [-0.3, -0.25) is 14.3 Å². The Morgan fingerprint density at radius 3 is 1.82 bits per heavy atom. The lowest BCUT2D eigenvalue weighted by Gasteiger charge is -2.42. The van der Waals surface area contributed by atoms with Gasteiger partial charge in [-0.1, -0.05) is 107 Å². The quantitative estimate of drug-likeness (QED) is 0.0168. The molecule has 4 aliphatic heterocycles. The van der Waals surface area contributed by atoms with Crippen molar-refractivity contribution in [2.45, 2.75) is 218 Å². The van der Waals surface area contributed by atoms with Crippen LogP contribution in [-0.2, 0) is 75.1 Å². The Hall–Kier alpha value is -6.31. The molecule has 6 fully saturated rings. The van der Waals surface area contributed by atoms with Crippen molar-refractivity contribution in [3.8, 4) is 5.75 Å². The summed E-state index contributed by atoms with van der Waals surface area (Å²) in [7, 11) is 7.44. The number of sulfonamides is 1. The zero-order valence-electron chi connectivity index (χ0n) is 64.2. The van der Waals surface area contributed by atoms with E-state index in [9.17, 15) is 32.7 Å². The summed E-state index contributed by atoms with van der Waals surface area (Å²) in [5.74, 6) is -1.50. The molecular weight excluding hydrogens is 1340 g/mol. The largest absolute Gasteiger partial charge is 0.492 e. The van der Waals surface area contributed by atoms with Crippen LogP contribution in [0.3, 0.4) is 0 Å². The minimum Gasteiger partial charge on any atom is -0.492 e. The van der Waals surface area contributed by atoms with Gasteiger partial charge in [-0.15, -0.1) is 0 Å². The Bertz CT molecular complexity index is 3570. The third-order valence-corrected chi connectivity index (χ3v) is 22.9. The van der Waals surface area contributed by atoms with E-state index in [1.165, 1.54) is 23.3 Å². The number of ether oxygens (including phenoxy) is 9. The van der Waals surface area contributed by atoms with Gasteiger partial charge in [-0.05, 0) is 219 Å². The van der Waals surface area contributed by atoms with Gasteiger partial charge in [0.1, 0.15) is 59.2 Å². The molecule has 1 unspecified atom stereocenters. The van der Waals surface area contributed by atoms with Crippen LogP contribution in [0, 0.1) is 23.7 Å². The average molecular weight is 1470 g/mol. The Morgan fingerprint density at radius 1 is 0.740 bits per heavy atom. The predicted octanol–water partition coefficient (Wildman–Crippen LogP) is 12.7. The van der Waals surface area contributed by atoms with E-state index < -0.39 is 21.9 Å². The molecule has 3 N–H and O–H groups in total. The molecule has 7 aliphatic rings. The van der Waals surface area contributed by atoms with E-state index in [2.05, 4.69) is 92.3 Å². The SMILES string of the molecule is C.CCN(CC)C/C=C\c1ccccc1S(=O)(=O)Nc1ccc2c(c1C(=O)O)CCCC2.CO[C@@H]1[C@H](OC(=O)/C=C/c2ccc(OCCN(C)C)cc2)CCC2(CO2)[C@H]1[C@@]1(C)O[C@@H]1CC=C(C)C.CO[C@@H]1[C@H](OC(=O)C[C@@H](C(=O)NCCCN(C)C)C(C)C)CC[C@]2(CO2)[C@H]1[C@@]1(C)O[C@@H]1CC=C(C)C. The highest BCUT2D eigenvalue weighted by molar-refractivity contribution is 7.92. The molecule has 0 radical (unpaired) electrons. The summed E-state index contributed by atoms with van der Waals surface area (Å²) in [4.78, 5) is 57.1. The summed E-state index contributed by atoms with van der Waals surface area (Å²) in [6.45, 7) is 27.7. The number of benzene rings is 3. The lowest BCUT2D eigenvalue weighted by molar-refractivity contribution is -0.173. The molecule has 2 spiro atoms. The third-order valence-electron chi connectivity index (χ3n) is 21.5. The normalized spacial score (nSPS) is 27.4. The van der Waals surface area contributed by atoms with Crippen molar-refractivity contribution in [3.05, 3.63) is 124 Å². The number of likely N-dealkylation sites (N-methyl/N-ethyl adjacent to an activating group) is 2. The van der Waals surface area contributed by atoms with Gasteiger partial charge in [-0.25, -0.2) is 18.0 Å². The van der Waals surface area contributed by atoms with Crippen LogP contribution in [0.4, 0.5) is 5.69 Å². The minimum atomic E-state index is -3.97. The van der Waals surface area contributed by atoms with Crippen molar-refractivity contribution in [1.82, 2.24) is 20.0 Å². The second-order valence-electron chi connectivity index (χ2n) is 30.5. The number of hydrogen-bond donors (Lipinski definition) is 3. The van der Waals surface area contributed by atoms with E-state index in [0.717, 1.165) is 107 Å². The van der Waals surface area contributed by atoms with Crippen molar-refractivity contribution in [1.29, 1.82) is 0 Å². The number of carbonyl (C=O) groups excluding carboxylic acids is 3. The third kappa shape index (κ3) is 22.4. The molecule has 578 valence electrons. The van der Waals surface area contributed by atoms with E-state index in [0.29, 0.717) is 51.2 Å². The summed E-state index contributed by atoms with van der Waals surface area (Å²) < 4.78 is 83.1. The number of epoxide rings is 4. The molecule has 1 amide bonds. The van der Waals surface area contributed by atoms with Crippen LogP contribution in [0.5, 0.6) is 5.75 Å². The van der Waals surface area contributed by atoms with Gasteiger partial charge in [0, 0.05) is 39.9 Å². The van der Waals surface area contributed by atoms with Gasteiger partial charge >= 0.3 is 17.9 Å². The molecule has 0 aromatic heterocycles. The molecule has 10 rings (SSSR count). The number of carboxylic acids is 1. The van der Waals surface area contributed by atoms with Crippen LogP contribution in [0.25, 0.3) is 12.2 Å². The van der Waals surface area contributed by atoms with E-state index in [4.69, 9.17) is 42.6 Å². The second kappa shape index (κ2) is 38.0. The number of amides is 1. The van der Waals surface area contributed by atoms with Crippen molar-refractivity contribution in [3.63, 3.8) is 0 Å². The number of rotatable bonds is 33. The number of carboxylic acid groups (broad SMARTS) is 1. The molecule has 21 nitrogen and oxygen atoms in total. The van der Waals surface area contributed by atoms with Crippen molar-refractivity contribution < 1.29 is 75.3 Å². The molecule has 22 heteroatoms. The van der Waals surface area contributed by atoms with Crippen LogP contribution in [0.1, 0.15) is 173 Å². The number of methoxy groups -OCH3 is 2. The van der Waals surface area contributed by atoms with Gasteiger partial charge in [0.2, 0.25) is 5.91 Å². The Kier molecular flexibility index (Phi) is 31.0. The maximum atomic E-state index is 13.2. The van der Waals surface area contributed by atoms with Crippen LogP contribution >= 0.6 is 0 Å². The average Bonchev–Trinajstić information content (AvgIpc) is 1.54. The van der Waals surface area contributed by atoms with Crippen LogP contribution in [0.15, 0.2) is 101 Å². The van der Waals surface area contributed by atoms with Gasteiger partial charge in [0.15, 0.2) is 0 Å². The number of nitrogens with one attached hydrogen (secondary N) is 2. The molecule has 2 saturated carbocycles. The first kappa shape index (κ1) is 84.9. The maximum Gasteiger partial charge on any atom is 0.338 e. The summed E-state index contributed by atoms with van der Waals surface area (Å²) in [6.07, 6.45) is 19.4. The van der Waals surface area contributed by atoms with E-state index in [1.54, 1.807) is 50.6 Å². The van der Waals surface area contributed by atoms with Gasteiger partial charge < -0.3 is 67.8 Å². The topological polar surface area (TPSA) is 253 Å². The number of carbonyl (C=O) groups is 4. The number of anilines is 1. The maximum absolute atomic E-state index is 13.2. The fraction of sp³-hybridized carbons (Fsp3) is 0.634. The van der Waals surface area contributed by atoms with Gasteiger partial charge in [-0.2, -0.15) is 0 Å². The Labute approximate surface area is 621 Å².